The summed E-state index contributed by atoms with van der Waals surface area (Å²) in [4.78, 5) is 17.8. The van der Waals surface area contributed by atoms with E-state index in [1.165, 1.54) is 13.1 Å². The first kappa shape index (κ1) is 22.3. The lowest BCUT2D eigenvalue weighted by Crippen LogP contribution is -2.23. The lowest BCUT2D eigenvalue weighted by atomic mass is 9.98. The second kappa shape index (κ2) is 8.75. The van der Waals surface area contributed by atoms with Crippen molar-refractivity contribution in [2.75, 3.05) is 0 Å². The van der Waals surface area contributed by atoms with Crippen LogP contribution in [0.2, 0.25) is 0 Å². The fourth-order valence-corrected chi connectivity index (χ4v) is 3.05. The summed E-state index contributed by atoms with van der Waals surface area (Å²) in [5, 5.41) is 11.7. The Balaban J connectivity index is 1.92. The third-order valence-electron chi connectivity index (χ3n) is 4.74. The van der Waals surface area contributed by atoms with Crippen molar-refractivity contribution < 1.29 is 18.0 Å². The molecule has 3 rings (SSSR count). The van der Waals surface area contributed by atoms with E-state index in [-0.39, 0.29) is 12.5 Å². The quantitative estimate of drug-likeness (QED) is 0.437. The first-order chi connectivity index (χ1) is 14.6. The van der Waals surface area contributed by atoms with Gasteiger partial charge in [0, 0.05) is 18.2 Å². The van der Waals surface area contributed by atoms with E-state index in [1.54, 1.807) is 18.2 Å². The summed E-state index contributed by atoms with van der Waals surface area (Å²) in [5.74, 6) is -0.178. The molecule has 0 saturated carbocycles. The number of alkyl halides is 3. The molecule has 0 atom stereocenters. The number of hydrogen-bond donors (Lipinski definition) is 0. The number of aryl methyl sites for hydroxylation is 2. The van der Waals surface area contributed by atoms with Crippen LogP contribution < -0.4 is 5.69 Å². The van der Waals surface area contributed by atoms with Crippen molar-refractivity contribution in [2.24, 2.45) is 18.1 Å². The van der Waals surface area contributed by atoms with Crippen molar-refractivity contribution in [3.05, 3.63) is 75.2 Å². The highest BCUT2D eigenvalue weighted by atomic mass is 19.4. The Morgan fingerprint density at radius 1 is 1.16 bits per heavy atom. The summed E-state index contributed by atoms with van der Waals surface area (Å²) in [6, 6.07) is 10.3. The highest BCUT2D eigenvalue weighted by Crippen LogP contribution is 2.30. The number of tetrazole rings is 1. The molecular weight excluding hydrogens is 411 g/mol. The summed E-state index contributed by atoms with van der Waals surface area (Å²) in [6.45, 7) is 5.49. The highest BCUT2D eigenvalue weighted by Gasteiger charge is 2.31. The summed E-state index contributed by atoms with van der Waals surface area (Å²) in [7, 11) is 1.49. The van der Waals surface area contributed by atoms with Crippen LogP contribution >= 0.6 is 0 Å². The molecule has 1 heterocycles. The summed E-state index contributed by atoms with van der Waals surface area (Å²) < 4.78 is 41.5. The van der Waals surface area contributed by atoms with Crippen molar-refractivity contribution in [3.63, 3.8) is 0 Å². The molecule has 0 N–H and O–H groups in total. The third-order valence-corrected chi connectivity index (χ3v) is 4.74. The van der Waals surface area contributed by atoms with E-state index in [0.29, 0.717) is 22.5 Å². The zero-order valence-electron chi connectivity index (χ0n) is 17.5. The Labute approximate surface area is 176 Å². The van der Waals surface area contributed by atoms with Gasteiger partial charge in [-0.25, -0.2) is 4.79 Å². The molecule has 0 aliphatic carbocycles. The molecule has 0 radical (unpaired) electrons. The lowest BCUT2D eigenvalue weighted by molar-refractivity contribution is -0.137. The molecule has 0 spiro atoms. The van der Waals surface area contributed by atoms with Crippen LogP contribution in [0.5, 0.6) is 0 Å². The molecule has 164 valence electrons. The van der Waals surface area contributed by atoms with Gasteiger partial charge >= 0.3 is 11.9 Å². The van der Waals surface area contributed by atoms with Crippen LogP contribution in [0.25, 0.3) is 5.69 Å². The summed E-state index contributed by atoms with van der Waals surface area (Å²) in [5.41, 5.74) is 1.57. The highest BCUT2D eigenvalue weighted by molar-refractivity contribution is 6.01. The third kappa shape index (κ3) is 4.84. The Hall–Kier alpha value is -3.43. The van der Waals surface area contributed by atoms with E-state index < -0.39 is 17.4 Å². The van der Waals surface area contributed by atoms with Gasteiger partial charge in [0.05, 0.1) is 17.0 Å². The van der Waals surface area contributed by atoms with Gasteiger partial charge in [0.2, 0.25) is 0 Å². The number of nitrogens with zero attached hydrogens (tertiary/aromatic N) is 5. The van der Waals surface area contributed by atoms with Crippen molar-refractivity contribution in [2.45, 2.75) is 33.6 Å². The molecule has 2 aromatic carbocycles. The minimum absolute atomic E-state index is 0.000201. The van der Waals surface area contributed by atoms with Crippen LogP contribution in [-0.4, -0.2) is 25.5 Å². The standard InChI is InChI=1S/C21H22F3N5O2/c1-13(2)19(15-8-6-9-16(11-15)21(22,23)24)25-31-12-17-14(3)7-5-10-18(17)29-20(30)28(4)26-27-29/h5-11,13H,12H2,1-4H3. The van der Waals surface area contributed by atoms with Crippen LogP contribution in [0.3, 0.4) is 0 Å². The van der Waals surface area contributed by atoms with E-state index in [4.69, 9.17) is 4.84 Å². The SMILES string of the molecule is Cc1cccc(-n2nnn(C)c2=O)c1CON=C(c1cccc(C(F)(F)F)c1)C(C)C. The second-order valence-corrected chi connectivity index (χ2v) is 7.35. The Morgan fingerprint density at radius 2 is 1.87 bits per heavy atom. The molecule has 0 unspecified atom stereocenters. The van der Waals surface area contributed by atoms with Crippen LogP contribution in [0.4, 0.5) is 13.2 Å². The summed E-state index contributed by atoms with van der Waals surface area (Å²) in [6.07, 6.45) is -4.45. The number of benzene rings is 2. The van der Waals surface area contributed by atoms with Gasteiger partial charge in [-0.05, 0) is 47.0 Å². The first-order valence-corrected chi connectivity index (χ1v) is 9.55. The van der Waals surface area contributed by atoms with Gasteiger partial charge in [0.15, 0.2) is 0 Å². The van der Waals surface area contributed by atoms with Gasteiger partial charge < -0.3 is 4.84 Å². The van der Waals surface area contributed by atoms with Gasteiger partial charge in [0.1, 0.15) is 6.61 Å². The molecule has 0 aliphatic heterocycles. The molecule has 0 amide bonds. The van der Waals surface area contributed by atoms with E-state index in [0.717, 1.165) is 27.1 Å². The van der Waals surface area contributed by atoms with Gasteiger partial charge in [0.25, 0.3) is 0 Å². The second-order valence-electron chi connectivity index (χ2n) is 7.35. The maximum Gasteiger partial charge on any atom is 0.416 e. The minimum Gasteiger partial charge on any atom is -0.391 e. The number of oxime groups is 1. The van der Waals surface area contributed by atoms with Gasteiger partial charge in [-0.15, -0.1) is 0 Å². The maximum absolute atomic E-state index is 13.1. The average molecular weight is 433 g/mol. The molecule has 0 bridgehead atoms. The minimum atomic E-state index is -4.45. The number of rotatable bonds is 6. The Morgan fingerprint density at radius 3 is 2.48 bits per heavy atom. The predicted octanol–water partition coefficient (Wildman–Crippen LogP) is 3.87. The average Bonchev–Trinajstić information content (AvgIpc) is 3.04. The molecule has 0 fully saturated rings. The van der Waals surface area contributed by atoms with E-state index in [9.17, 15) is 18.0 Å². The Bertz CT molecular complexity index is 1160. The topological polar surface area (TPSA) is 74.3 Å². The van der Waals surface area contributed by atoms with Crippen LogP contribution in [-0.2, 0) is 24.7 Å². The fraction of sp³-hybridized carbons (Fsp3) is 0.333. The van der Waals surface area contributed by atoms with Gasteiger partial charge in [-0.2, -0.15) is 22.5 Å². The predicted molar refractivity (Wildman–Crippen MR) is 109 cm³/mol. The molecular formula is C21H22F3N5O2. The molecule has 1 aromatic heterocycles. The largest absolute Gasteiger partial charge is 0.416 e. The first-order valence-electron chi connectivity index (χ1n) is 9.55. The zero-order chi connectivity index (χ0) is 22.8. The molecule has 10 heteroatoms. The fourth-order valence-electron chi connectivity index (χ4n) is 3.05. The molecule has 0 aliphatic rings. The molecule has 7 nitrogen and oxygen atoms in total. The zero-order valence-corrected chi connectivity index (χ0v) is 17.5. The van der Waals surface area contributed by atoms with Crippen molar-refractivity contribution in [1.29, 1.82) is 0 Å². The Kier molecular flexibility index (Phi) is 6.28. The van der Waals surface area contributed by atoms with Gasteiger partial charge in [-0.1, -0.05) is 43.3 Å². The smallest absolute Gasteiger partial charge is 0.391 e. The number of hydrogen-bond acceptors (Lipinski definition) is 5. The number of halogens is 3. The molecule has 31 heavy (non-hydrogen) atoms. The number of aromatic nitrogens is 4. The molecule has 0 saturated heterocycles. The lowest BCUT2D eigenvalue weighted by Gasteiger charge is -2.14. The van der Waals surface area contributed by atoms with E-state index in [2.05, 4.69) is 15.6 Å². The van der Waals surface area contributed by atoms with Crippen molar-refractivity contribution in [3.8, 4) is 5.69 Å². The van der Waals surface area contributed by atoms with E-state index >= 15 is 0 Å². The monoisotopic (exact) mass is 433 g/mol. The maximum atomic E-state index is 13.1. The van der Waals surface area contributed by atoms with Crippen LogP contribution in [0, 0.1) is 12.8 Å². The molecule has 3 aromatic rings. The van der Waals surface area contributed by atoms with Crippen molar-refractivity contribution in [1.82, 2.24) is 19.8 Å². The summed E-state index contributed by atoms with van der Waals surface area (Å²) >= 11 is 0. The van der Waals surface area contributed by atoms with Crippen LogP contribution in [0.15, 0.2) is 52.4 Å². The van der Waals surface area contributed by atoms with Crippen LogP contribution in [0.1, 0.15) is 36.1 Å². The van der Waals surface area contributed by atoms with E-state index in [1.807, 2.05) is 26.8 Å². The van der Waals surface area contributed by atoms with Crippen molar-refractivity contribution >= 4 is 5.71 Å². The van der Waals surface area contributed by atoms with Gasteiger partial charge in [-0.3, -0.25) is 0 Å². The normalized spacial score (nSPS) is 12.5.